The number of oxime groups is 1. The molecule has 1 aromatic heterocycles. The Morgan fingerprint density at radius 3 is 2.28 bits per heavy atom. The van der Waals surface area contributed by atoms with Gasteiger partial charge in [0.2, 0.25) is 0 Å². The molecule has 6 rings (SSSR count). The fourth-order valence-corrected chi connectivity index (χ4v) is 8.55. The predicted octanol–water partition coefficient (Wildman–Crippen LogP) is 5.53. The molecule has 0 radical (unpaired) electrons. The highest BCUT2D eigenvalue weighted by atomic mass is 16.6. The number of aromatic nitrogens is 2. The van der Waals surface area contributed by atoms with Crippen molar-refractivity contribution in [2.24, 2.45) is 17.0 Å². The van der Waals surface area contributed by atoms with Gasteiger partial charge < -0.3 is 14.5 Å². The summed E-state index contributed by atoms with van der Waals surface area (Å²) in [6, 6.07) is 9.61. The largest absolute Gasteiger partial charge is 0.481 e. The van der Waals surface area contributed by atoms with Crippen molar-refractivity contribution in [2.75, 3.05) is 7.11 Å². The van der Waals surface area contributed by atoms with Crippen LogP contribution >= 0.6 is 0 Å². The highest BCUT2D eigenvalue weighted by molar-refractivity contribution is 6.00. The third-order valence-electron chi connectivity index (χ3n) is 9.99. The minimum Gasteiger partial charge on any atom is -0.481 e. The van der Waals surface area contributed by atoms with E-state index in [-0.39, 0.29) is 30.1 Å². The monoisotopic (exact) mass is 534 g/mol. The Hall–Kier alpha value is -2.74. The molecule has 4 bridgehead atoms. The summed E-state index contributed by atoms with van der Waals surface area (Å²) < 4.78 is 1.97. The lowest BCUT2D eigenvalue weighted by Gasteiger charge is -2.54. The van der Waals surface area contributed by atoms with Crippen LogP contribution in [0.2, 0.25) is 0 Å². The number of carbonyl (C=O) groups is 1. The van der Waals surface area contributed by atoms with Gasteiger partial charge in [0, 0.05) is 30.6 Å². The third kappa shape index (κ3) is 5.37. The molecule has 2 aliphatic carbocycles. The lowest BCUT2D eigenvalue weighted by Crippen LogP contribution is -2.58. The number of rotatable bonds is 7. The smallest absolute Gasteiger partial charge is 0.303 e. The van der Waals surface area contributed by atoms with E-state index in [4.69, 9.17) is 4.84 Å². The van der Waals surface area contributed by atoms with Crippen molar-refractivity contribution in [3.63, 3.8) is 0 Å². The van der Waals surface area contributed by atoms with Crippen LogP contribution in [0.3, 0.4) is 0 Å². The van der Waals surface area contributed by atoms with E-state index >= 15 is 0 Å². The van der Waals surface area contributed by atoms with E-state index in [1.54, 1.807) is 0 Å². The van der Waals surface area contributed by atoms with Gasteiger partial charge in [0.1, 0.15) is 12.8 Å². The number of nitrogens with zero attached hydrogens (tertiary/aromatic N) is 4. The third-order valence-corrected chi connectivity index (χ3v) is 9.99. The van der Waals surface area contributed by atoms with Crippen molar-refractivity contribution in [1.82, 2.24) is 14.5 Å². The second-order valence-electron chi connectivity index (χ2n) is 12.4. The molecule has 1 aromatic carbocycles. The molecule has 2 saturated heterocycles. The summed E-state index contributed by atoms with van der Waals surface area (Å²) in [5.41, 5.74) is 1.90. The zero-order valence-corrected chi connectivity index (χ0v) is 23.1. The summed E-state index contributed by atoms with van der Waals surface area (Å²) in [5.74, 6) is 0.851. The fourth-order valence-electron chi connectivity index (χ4n) is 8.55. The van der Waals surface area contributed by atoms with Gasteiger partial charge in [0.05, 0.1) is 17.5 Å². The summed E-state index contributed by atoms with van der Waals surface area (Å²) in [6.07, 6.45) is 15.4. The zero-order chi connectivity index (χ0) is 26.9. The Morgan fingerprint density at radius 2 is 1.62 bits per heavy atom. The minimum absolute atomic E-state index is 0.0878. The van der Waals surface area contributed by atoms with Crippen molar-refractivity contribution >= 4 is 22.7 Å². The lowest BCUT2D eigenvalue weighted by atomic mass is 9.73. The summed E-state index contributed by atoms with van der Waals surface area (Å²) >= 11 is 0. The molecular weight excluding hydrogens is 492 g/mol. The van der Waals surface area contributed by atoms with Gasteiger partial charge in [-0.15, -0.1) is 0 Å². The number of benzene rings is 1. The maximum absolute atomic E-state index is 14.1. The molecule has 2 aromatic rings. The van der Waals surface area contributed by atoms with Gasteiger partial charge in [-0.1, -0.05) is 49.4 Å². The van der Waals surface area contributed by atoms with E-state index in [1.807, 2.05) is 28.8 Å². The summed E-state index contributed by atoms with van der Waals surface area (Å²) in [4.78, 5) is 38.0. The number of hydrogen-bond acceptors (Lipinski definition) is 6. The topological polar surface area (TPSA) is 97.0 Å². The van der Waals surface area contributed by atoms with Crippen molar-refractivity contribution in [3.05, 3.63) is 40.3 Å². The van der Waals surface area contributed by atoms with Crippen LogP contribution in [0.1, 0.15) is 102 Å². The first-order valence-corrected chi connectivity index (χ1v) is 15.1. The second-order valence-corrected chi connectivity index (χ2v) is 12.4. The summed E-state index contributed by atoms with van der Waals surface area (Å²) in [7, 11) is 1.42. The fraction of sp³-hybridized carbons (Fsp3) is 0.677. The van der Waals surface area contributed by atoms with E-state index in [1.165, 1.54) is 71.3 Å². The van der Waals surface area contributed by atoms with Gasteiger partial charge in [0.15, 0.2) is 5.69 Å². The number of carboxylic acid groups (broad SMARTS) is 1. The van der Waals surface area contributed by atoms with Crippen LogP contribution < -0.4 is 5.56 Å². The van der Waals surface area contributed by atoms with Crippen LogP contribution in [0.25, 0.3) is 11.0 Å². The summed E-state index contributed by atoms with van der Waals surface area (Å²) in [5, 5.41) is 13.3. The highest BCUT2D eigenvalue weighted by Crippen LogP contribution is 2.47. The number of piperidine rings is 2. The molecule has 1 N–H and O–H groups in total. The number of carboxylic acids is 1. The molecular formula is C31H42N4O4. The molecule has 2 saturated carbocycles. The van der Waals surface area contributed by atoms with E-state index < -0.39 is 5.97 Å². The Morgan fingerprint density at radius 1 is 0.923 bits per heavy atom. The maximum atomic E-state index is 14.1. The van der Waals surface area contributed by atoms with Crippen molar-refractivity contribution in [1.29, 1.82) is 0 Å². The number of hydrogen-bond donors (Lipinski definition) is 1. The van der Waals surface area contributed by atoms with E-state index in [9.17, 15) is 14.7 Å². The first-order valence-electron chi connectivity index (χ1n) is 15.1. The van der Waals surface area contributed by atoms with Gasteiger partial charge in [0.25, 0.3) is 5.56 Å². The average molecular weight is 535 g/mol. The van der Waals surface area contributed by atoms with Crippen molar-refractivity contribution < 1.29 is 14.7 Å². The van der Waals surface area contributed by atoms with Gasteiger partial charge in [-0.2, -0.15) is 0 Å². The van der Waals surface area contributed by atoms with Gasteiger partial charge in [-0.05, 0) is 68.9 Å². The van der Waals surface area contributed by atoms with Crippen molar-refractivity contribution in [2.45, 2.75) is 114 Å². The Balaban J connectivity index is 1.34. The standard InChI is InChI=1S/C31H42N4O4/c1-39-33-27(13-14-29(36)37)30-31(38)35(28-12-5-4-11-26(28)32-30)25-18-22-9-6-10-23(19-25)34(22)24-16-20-7-2-3-8-21(15-20)17-24/h4-5,11-12,20-25H,2-3,6-10,13-19H2,1H3,(H,36,37)/t20?,21?,22-,23+,24?,25?. The molecule has 0 amide bonds. The van der Waals surface area contributed by atoms with Crippen LogP contribution in [0, 0.1) is 11.8 Å². The SMILES string of the molecule is CON=C(CCC(=O)O)c1nc2ccccc2n(C2C[C@H]3CCC[C@@H](C2)N3C2CC3CCCCC(C3)C2)c1=O. The van der Waals surface area contributed by atoms with Gasteiger partial charge in [-0.25, -0.2) is 4.98 Å². The van der Waals surface area contributed by atoms with E-state index in [0.717, 1.165) is 35.7 Å². The molecule has 4 fully saturated rings. The number of aliphatic carboxylic acids is 1. The molecule has 2 aliphatic heterocycles. The van der Waals surface area contributed by atoms with E-state index in [2.05, 4.69) is 15.0 Å². The first kappa shape index (κ1) is 26.5. The predicted molar refractivity (Wildman–Crippen MR) is 151 cm³/mol. The van der Waals surface area contributed by atoms with Crippen LogP contribution in [0.4, 0.5) is 0 Å². The summed E-state index contributed by atoms with van der Waals surface area (Å²) in [6.45, 7) is 0. The van der Waals surface area contributed by atoms with Gasteiger partial charge >= 0.3 is 5.97 Å². The van der Waals surface area contributed by atoms with Crippen LogP contribution in [-0.2, 0) is 9.63 Å². The van der Waals surface area contributed by atoms with Gasteiger partial charge in [-0.3, -0.25) is 14.5 Å². The molecule has 8 nitrogen and oxygen atoms in total. The lowest BCUT2D eigenvalue weighted by molar-refractivity contribution is -0.136. The second kappa shape index (κ2) is 11.4. The molecule has 4 aliphatic rings. The van der Waals surface area contributed by atoms with E-state index in [0.29, 0.717) is 23.8 Å². The zero-order valence-electron chi connectivity index (χ0n) is 23.1. The Bertz CT molecular complexity index is 1260. The average Bonchev–Trinajstić information content (AvgIpc) is 3.09. The minimum atomic E-state index is -0.942. The molecule has 3 heterocycles. The molecule has 210 valence electrons. The van der Waals surface area contributed by atoms with Crippen LogP contribution in [-0.4, -0.2) is 56.5 Å². The Labute approximate surface area is 230 Å². The Kier molecular flexibility index (Phi) is 7.74. The maximum Gasteiger partial charge on any atom is 0.303 e. The molecule has 5 atom stereocenters. The molecule has 8 heteroatoms. The molecule has 39 heavy (non-hydrogen) atoms. The highest BCUT2D eigenvalue weighted by Gasteiger charge is 2.45. The quantitative estimate of drug-likeness (QED) is 0.371. The molecule has 0 spiro atoms. The number of para-hydroxylation sites is 2. The number of fused-ring (bicyclic) bond motifs is 5. The van der Waals surface area contributed by atoms with Crippen molar-refractivity contribution in [3.8, 4) is 0 Å². The first-order chi connectivity index (χ1) is 19.0. The van der Waals surface area contributed by atoms with Crippen LogP contribution in [0.15, 0.2) is 34.2 Å². The molecule has 3 unspecified atom stereocenters. The van der Waals surface area contributed by atoms with Crippen LogP contribution in [0.5, 0.6) is 0 Å². The normalized spacial score (nSPS) is 31.6.